The molecule has 1 aliphatic heterocycles. The van der Waals surface area contributed by atoms with Gasteiger partial charge in [0.25, 0.3) is 0 Å². The number of allylic oxidation sites excluding steroid dienone is 1. The Balaban J connectivity index is 1.73. The second-order valence-electron chi connectivity index (χ2n) is 6.17. The molecule has 1 aliphatic rings. The van der Waals surface area contributed by atoms with Crippen LogP contribution in [0.2, 0.25) is 0 Å². The highest BCUT2D eigenvalue weighted by molar-refractivity contribution is 6.20. The van der Waals surface area contributed by atoms with Crippen molar-refractivity contribution in [2.75, 3.05) is 0 Å². The van der Waals surface area contributed by atoms with Crippen molar-refractivity contribution < 1.29 is 23.5 Å². The maximum atomic E-state index is 12.8. The molecule has 0 aliphatic carbocycles. The molecule has 2 aromatic carbocycles. The largest absolute Gasteiger partial charge is 0.452 e. The molecule has 134 valence electrons. The molecule has 0 spiro atoms. The molecule has 0 radical (unpaired) electrons. The highest BCUT2D eigenvalue weighted by atomic mass is 16.5. The molecule has 0 unspecified atom stereocenters. The molecule has 1 aromatic heterocycles. The summed E-state index contributed by atoms with van der Waals surface area (Å²) < 4.78 is 15.9. The van der Waals surface area contributed by atoms with E-state index in [1.165, 1.54) is 13.0 Å². The van der Waals surface area contributed by atoms with E-state index in [4.69, 9.17) is 13.9 Å². The monoisotopic (exact) mass is 362 g/mol. The van der Waals surface area contributed by atoms with Gasteiger partial charge < -0.3 is 13.9 Å². The molecule has 0 saturated carbocycles. The van der Waals surface area contributed by atoms with Crippen molar-refractivity contribution in [3.8, 4) is 11.5 Å². The minimum Gasteiger partial charge on any atom is -0.452 e. The molecule has 4 rings (SSSR count). The predicted octanol–water partition coefficient (Wildman–Crippen LogP) is 3.64. The van der Waals surface area contributed by atoms with E-state index >= 15 is 0 Å². The summed E-state index contributed by atoms with van der Waals surface area (Å²) in [5, 5.41) is 0.692. The first kappa shape index (κ1) is 16.8. The number of benzene rings is 2. The van der Waals surface area contributed by atoms with Crippen LogP contribution < -0.4 is 15.1 Å². The molecule has 0 bridgehead atoms. The van der Waals surface area contributed by atoms with Crippen molar-refractivity contribution in [3.63, 3.8) is 0 Å². The summed E-state index contributed by atoms with van der Waals surface area (Å²) in [6.45, 7) is 3.11. The Kier molecular flexibility index (Phi) is 3.88. The number of fused-ring (bicyclic) bond motifs is 3. The van der Waals surface area contributed by atoms with E-state index in [0.29, 0.717) is 22.4 Å². The summed E-state index contributed by atoms with van der Waals surface area (Å²) in [6, 6.07) is 11.5. The first-order valence-electron chi connectivity index (χ1n) is 8.22. The van der Waals surface area contributed by atoms with Gasteiger partial charge in [0.05, 0.1) is 0 Å². The molecular weight excluding hydrogens is 348 g/mol. The van der Waals surface area contributed by atoms with E-state index in [1.807, 2.05) is 0 Å². The fourth-order valence-electron chi connectivity index (χ4n) is 3.00. The fourth-order valence-corrected chi connectivity index (χ4v) is 3.00. The molecule has 0 amide bonds. The van der Waals surface area contributed by atoms with Gasteiger partial charge in [-0.2, -0.15) is 0 Å². The van der Waals surface area contributed by atoms with E-state index in [-0.39, 0.29) is 22.7 Å². The van der Waals surface area contributed by atoms with Gasteiger partial charge in [0.2, 0.25) is 5.78 Å². The number of aryl methyl sites for hydroxylation is 1. The van der Waals surface area contributed by atoms with Crippen LogP contribution in [0.3, 0.4) is 0 Å². The van der Waals surface area contributed by atoms with Gasteiger partial charge in [0, 0.05) is 18.4 Å². The van der Waals surface area contributed by atoms with E-state index in [0.717, 1.165) is 5.56 Å². The van der Waals surface area contributed by atoms with Crippen molar-refractivity contribution in [1.29, 1.82) is 0 Å². The van der Waals surface area contributed by atoms with Gasteiger partial charge in [-0.1, -0.05) is 12.1 Å². The van der Waals surface area contributed by atoms with Crippen LogP contribution in [0.15, 0.2) is 57.4 Å². The number of carbonyl (C=O) groups excluding carboxylic acids is 2. The van der Waals surface area contributed by atoms with Crippen molar-refractivity contribution in [2.24, 2.45) is 0 Å². The van der Waals surface area contributed by atoms with Crippen LogP contribution in [-0.2, 0) is 4.79 Å². The van der Waals surface area contributed by atoms with E-state index in [9.17, 15) is 14.4 Å². The van der Waals surface area contributed by atoms with Crippen LogP contribution in [0.1, 0.15) is 28.4 Å². The normalized spacial score (nSPS) is 14.3. The molecule has 0 atom stereocenters. The Morgan fingerprint density at radius 1 is 1.07 bits per heavy atom. The minimum atomic E-state index is -0.514. The Morgan fingerprint density at radius 3 is 2.52 bits per heavy atom. The summed E-state index contributed by atoms with van der Waals surface area (Å²) in [4.78, 5) is 35.5. The summed E-state index contributed by atoms with van der Waals surface area (Å²) in [7, 11) is 0. The molecular formula is C21H14O6. The average Bonchev–Trinajstić information content (AvgIpc) is 2.92. The van der Waals surface area contributed by atoms with Crippen LogP contribution >= 0.6 is 0 Å². The molecule has 6 nitrogen and oxygen atoms in total. The lowest BCUT2D eigenvalue weighted by Crippen LogP contribution is -2.02. The SMILES string of the molecule is CC(=O)Oc1ccc(C=C2Oc3ccc4c(C)cc(=O)oc4c3C2=O)cc1. The lowest BCUT2D eigenvalue weighted by Gasteiger charge is -2.03. The van der Waals surface area contributed by atoms with Crippen LogP contribution in [0, 0.1) is 6.92 Å². The number of ether oxygens (including phenoxy) is 2. The number of carbonyl (C=O) groups is 2. The highest BCUT2D eigenvalue weighted by Crippen LogP contribution is 2.37. The smallest absolute Gasteiger partial charge is 0.336 e. The minimum absolute atomic E-state index is 0.127. The third-order valence-corrected chi connectivity index (χ3v) is 4.19. The zero-order valence-corrected chi connectivity index (χ0v) is 14.6. The van der Waals surface area contributed by atoms with Crippen LogP contribution in [0.25, 0.3) is 17.0 Å². The topological polar surface area (TPSA) is 82.8 Å². The first-order chi connectivity index (χ1) is 12.9. The molecule has 6 heteroatoms. The molecule has 0 fully saturated rings. The number of hydrogen-bond donors (Lipinski definition) is 0. The van der Waals surface area contributed by atoms with E-state index in [1.54, 1.807) is 49.4 Å². The van der Waals surface area contributed by atoms with Crippen molar-refractivity contribution in [3.05, 3.63) is 75.3 Å². The van der Waals surface area contributed by atoms with Gasteiger partial charge in [-0.25, -0.2) is 4.79 Å². The Morgan fingerprint density at radius 2 is 1.81 bits per heavy atom. The fraction of sp³-hybridized carbons (Fsp3) is 0.0952. The lowest BCUT2D eigenvalue weighted by molar-refractivity contribution is -0.131. The third-order valence-electron chi connectivity index (χ3n) is 4.19. The lowest BCUT2D eigenvalue weighted by atomic mass is 10.0. The molecule has 0 saturated heterocycles. The molecule has 27 heavy (non-hydrogen) atoms. The van der Waals surface area contributed by atoms with Crippen molar-refractivity contribution in [2.45, 2.75) is 13.8 Å². The van der Waals surface area contributed by atoms with Gasteiger partial charge in [-0.05, 0) is 48.4 Å². The molecule has 0 N–H and O–H groups in total. The second-order valence-corrected chi connectivity index (χ2v) is 6.17. The molecule has 2 heterocycles. The number of hydrogen-bond acceptors (Lipinski definition) is 6. The summed E-state index contributed by atoms with van der Waals surface area (Å²) in [5.74, 6) is 0.128. The highest BCUT2D eigenvalue weighted by Gasteiger charge is 2.31. The van der Waals surface area contributed by atoms with Crippen LogP contribution in [0.4, 0.5) is 0 Å². The van der Waals surface area contributed by atoms with Gasteiger partial charge in [-0.15, -0.1) is 0 Å². The Hall–Kier alpha value is -3.67. The zero-order chi connectivity index (χ0) is 19.1. The van der Waals surface area contributed by atoms with Gasteiger partial charge >= 0.3 is 11.6 Å². The quantitative estimate of drug-likeness (QED) is 0.300. The summed E-state index contributed by atoms with van der Waals surface area (Å²) in [6.07, 6.45) is 1.58. The second kappa shape index (κ2) is 6.25. The first-order valence-corrected chi connectivity index (χ1v) is 8.22. The van der Waals surface area contributed by atoms with E-state index in [2.05, 4.69) is 0 Å². The maximum Gasteiger partial charge on any atom is 0.336 e. The standard InChI is InChI=1S/C21H14O6/c1-11-9-18(23)27-21-15(11)7-8-16-19(21)20(24)17(26-16)10-13-3-5-14(6-4-13)25-12(2)22/h3-10H,1-2H3. The predicted molar refractivity (Wildman–Crippen MR) is 97.9 cm³/mol. The average molecular weight is 362 g/mol. The van der Waals surface area contributed by atoms with Crippen molar-refractivity contribution in [1.82, 2.24) is 0 Å². The Bertz CT molecular complexity index is 1180. The van der Waals surface area contributed by atoms with Gasteiger partial charge in [0.15, 0.2) is 11.3 Å². The number of esters is 1. The summed E-state index contributed by atoms with van der Waals surface area (Å²) in [5.41, 5.74) is 1.39. The number of Topliss-reactive ketones (excluding diaryl/α,β-unsaturated/α-hetero) is 1. The van der Waals surface area contributed by atoms with Crippen molar-refractivity contribution >= 4 is 28.8 Å². The van der Waals surface area contributed by atoms with Crippen LogP contribution in [-0.4, -0.2) is 11.8 Å². The maximum absolute atomic E-state index is 12.8. The number of rotatable bonds is 2. The van der Waals surface area contributed by atoms with Crippen LogP contribution in [0.5, 0.6) is 11.5 Å². The van der Waals surface area contributed by atoms with E-state index < -0.39 is 11.6 Å². The van der Waals surface area contributed by atoms with Gasteiger partial charge in [0.1, 0.15) is 17.1 Å². The van der Waals surface area contributed by atoms with Gasteiger partial charge in [-0.3, -0.25) is 9.59 Å². The summed E-state index contributed by atoms with van der Waals surface area (Å²) >= 11 is 0. The third kappa shape index (κ3) is 3.01. The zero-order valence-electron chi connectivity index (χ0n) is 14.6. The molecule has 3 aromatic rings. The number of ketones is 1. The Labute approximate surface area is 153 Å².